The molecule has 0 radical (unpaired) electrons. The van der Waals surface area contributed by atoms with Crippen molar-refractivity contribution in [2.75, 3.05) is 7.11 Å². The molecule has 0 bridgehead atoms. The minimum atomic E-state index is 0.220. The van der Waals surface area contributed by atoms with Gasteiger partial charge in [0.25, 0.3) is 0 Å². The van der Waals surface area contributed by atoms with Crippen LogP contribution in [0.15, 0.2) is 6.07 Å². The lowest BCUT2D eigenvalue weighted by Crippen LogP contribution is -1.93. The number of aryl methyl sites for hydroxylation is 1. The summed E-state index contributed by atoms with van der Waals surface area (Å²) >= 11 is 0. The third-order valence-electron chi connectivity index (χ3n) is 2.28. The fourth-order valence-electron chi connectivity index (χ4n) is 1.29. The maximum Gasteiger partial charge on any atom is 0.163 e. The van der Waals surface area contributed by atoms with Gasteiger partial charge in [-0.3, -0.25) is 0 Å². The summed E-state index contributed by atoms with van der Waals surface area (Å²) < 4.78 is 5.06. The molecule has 12 heavy (non-hydrogen) atoms. The van der Waals surface area contributed by atoms with Gasteiger partial charge in [-0.25, -0.2) is 0 Å². The van der Waals surface area contributed by atoms with Crippen molar-refractivity contribution in [1.82, 2.24) is 0 Å². The van der Waals surface area contributed by atoms with Gasteiger partial charge in [-0.05, 0) is 43.5 Å². The van der Waals surface area contributed by atoms with Crippen LogP contribution in [0.2, 0.25) is 0 Å². The van der Waals surface area contributed by atoms with Crippen molar-refractivity contribution in [2.45, 2.75) is 20.8 Å². The van der Waals surface area contributed by atoms with Crippen molar-refractivity contribution >= 4 is 0 Å². The van der Waals surface area contributed by atoms with Crippen molar-refractivity contribution in [3.63, 3.8) is 0 Å². The molecule has 1 aromatic carbocycles. The molecule has 0 aliphatic heterocycles. The summed E-state index contributed by atoms with van der Waals surface area (Å²) in [6.07, 6.45) is 0. The number of phenols is 1. The predicted molar refractivity (Wildman–Crippen MR) is 48.9 cm³/mol. The van der Waals surface area contributed by atoms with Crippen molar-refractivity contribution < 1.29 is 9.84 Å². The van der Waals surface area contributed by atoms with Gasteiger partial charge in [0.2, 0.25) is 0 Å². The van der Waals surface area contributed by atoms with Crippen LogP contribution in [0.4, 0.5) is 0 Å². The van der Waals surface area contributed by atoms with E-state index in [1.54, 1.807) is 13.2 Å². The first kappa shape index (κ1) is 8.91. The van der Waals surface area contributed by atoms with Crippen molar-refractivity contribution in [3.8, 4) is 11.5 Å². The van der Waals surface area contributed by atoms with Gasteiger partial charge in [0.15, 0.2) is 11.5 Å². The molecular weight excluding hydrogens is 152 g/mol. The van der Waals surface area contributed by atoms with E-state index in [1.165, 1.54) is 5.56 Å². The Morgan fingerprint density at radius 3 is 2.25 bits per heavy atom. The van der Waals surface area contributed by atoms with Gasteiger partial charge in [-0.15, -0.1) is 0 Å². The molecule has 1 N–H and O–H groups in total. The van der Waals surface area contributed by atoms with E-state index in [-0.39, 0.29) is 5.75 Å². The van der Waals surface area contributed by atoms with Gasteiger partial charge in [-0.1, -0.05) is 0 Å². The molecule has 2 heteroatoms. The first-order valence-corrected chi connectivity index (χ1v) is 3.91. The molecule has 66 valence electrons. The standard InChI is InChI=1S/C10H14O2/c1-6-5-9(11)10(12-4)8(3)7(6)2/h5,11H,1-4H3. The predicted octanol–water partition coefficient (Wildman–Crippen LogP) is 2.33. The minimum absolute atomic E-state index is 0.220. The van der Waals surface area contributed by atoms with Crippen LogP contribution in [-0.4, -0.2) is 12.2 Å². The lowest BCUT2D eigenvalue weighted by molar-refractivity contribution is 0.370. The molecule has 0 amide bonds. The average molecular weight is 166 g/mol. The van der Waals surface area contributed by atoms with Crippen LogP contribution >= 0.6 is 0 Å². The second kappa shape index (κ2) is 3.05. The Morgan fingerprint density at radius 2 is 1.75 bits per heavy atom. The maximum atomic E-state index is 9.47. The summed E-state index contributed by atoms with van der Waals surface area (Å²) in [6.45, 7) is 5.94. The van der Waals surface area contributed by atoms with E-state index in [4.69, 9.17) is 4.74 Å². The maximum absolute atomic E-state index is 9.47. The van der Waals surface area contributed by atoms with Gasteiger partial charge in [0.05, 0.1) is 7.11 Å². The van der Waals surface area contributed by atoms with Crippen molar-refractivity contribution in [2.24, 2.45) is 0 Å². The zero-order chi connectivity index (χ0) is 9.30. The fourth-order valence-corrected chi connectivity index (χ4v) is 1.29. The van der Waals surface area contributed by atoms with Crippen molar-refractivity contribution in [1.29, 1.82) is 0 Å². The number of hydrogen-bond donors (Lipinski definition) is 1. The molecule has 0 unspecified atom stereocenters. The van der Waals surface area contributed by atoms with Crippen molar-refractivity contribution in [3.05, 3.63) is 22.8 Å². The van der Waals surface area contributed by atoms with E-state index in [9.17, 15) is 5.11 Å². The molecule has 2 nitrogen and oxygen atoms in total. The van der Waals surface area contributed by atoms with E-state index < -0.39 is 0 Å². The normalized spacial score (nSPS) is 10.0. The van der Waals surface area contributed by atoms with Gasteiger partial charge < -0.3 is 9.84 Å². The zero-order valence-corrected chi connectivity index (χ0v) is 7.93. The molecular formula is C10H14O2. The smallest absolute Gasteiger partial charge is 0.163 e. The van der Waals surface area contributed by atoms with E-state index in [0.29, 0.717) is 5.75 Å². The molecule has 1 aromatic rings. The van der Waals surface area contributed by atoms with Crippen LogP contribution in [0.3, 0.4) is 0 Å². The number of methoxy groups -OCH3 is 1. The molecule has 0 saturated carbocycles. The summed E-state index contributed by atoms with van der Waals surface area (Å²) in [6, 6.07) is 1.72. The molecule has 0 heterocycles. The highest BCUT2D eigenvalue weighted by Crippen LogP contribution is 2.33. The fraction of sp³-hybridized carbons (Fsp3) is 0.400. The van der Waals surface area contributed by atoms with Crippen LogP contribution in [0.1, 0.15) is 16.7 Å². The lowest BCUT2D eigenvalue weighted by atomic mass is 10.0. The summed E-state index contributed by atoms with van der Waals surface area (Å²) in [5.74, 6) is 0.802. The molecule has 0 fully saturated rings. The highest BCUT2D eigenvalue weighted by atomic mass is 16.5. The van der Waals surface area contributed by atoms with Crippen LogP contribution in [0, 0.1) is 20.8 Å². The number of ether oxygens (including phenoxy) is 1. The number of phenolic OH excluding ortho intramolecular Hbond substituents is 1. The summed E-state index contributed by atoms with van der Waals surface area (Å²) in [4.78, 5) is 0. The minimum Gasteiger partial charge on any atom is -0.504 e. The summed E-state index contributed by atoms with van der Waals surface area (Å²) in [7, 11) is 1.57. The van der Waals surface area contributed by atoms with E-state index in [0.717, 1.165) is 11.1 Å². The molecule has 0 aliphatic rings. The number of aromatic hydroxyl groups is 1. The monoisotopic (exact) mass is 166 g/mol. The Kier molecular flexibility index (Phi) is 2.27. The third-order valence-corrected chi connectivity index (χ3v) is 2.28. The molecule has 1 rings (SSSR count). The number of rotatable bonds is 1. The van der Waals surface area contributed by atoms with Gasteiger partial charge >= 0.3 is 0 Å². The van der Waals surface area contributed by atoms with E-state index >= 15 is 0 Å². The van der Waals surface area contributed by atoms with E-state index in [1.807, 2.05) is 20.8 Å². The Balaban J connectivity index is 3.40. The second-order valence-corrected chi connectivity index (χ2v) is 3.00. The highest BCUT2D eigenvalue weighted by Gasteiger charge is 2.09. The zero-order valence-electron chi connectivity index (χ0n) is 7.93. The first-order chi connectivity index (χ1) is 5.57. The molecule has 0 aliphatic carbocycles. The second-order valence-electron chi connectivity index (χ2n) is 3.00. The Labute approximate surface area is 72.8 Å². The van der Waals surface area contributed by atoms with Gasteiger partial charge in [0.1, 0.15) is 0 Å². The quantitative estimate of drug-likeness (QED) is 0.693. The van der Waals surface area contributed by atoms with Gasteiger partial charge in [0, 0.05) is 0 Å². The lowest BCUT2D eigenvalue weighted by Gasteiger charge is -2.11. The van der Waals surface area contributed by atoms with Gasteiger partial charge in [-0.2, -0.15) is 0 Å². The Morgan fingerprint density at radius 1 is 1.17 bits per heavy atom. The Hall–Kier alpha value is -1.18. The van der Waals surface area contributed by atoms with Crippen LogP contribution in [0.5, 0.6) is 11.5 Å². The van der Waals surface area contributed by atoms with E-state index in [2.05, 4.69) is 0 Å². The summed E-state index contributed by atoms with van der Waals surface area (Å²) in [5, 5.41) is 9.47. The average Bonchev–Trinajstić information content (AvgIpc) is 2.01. The third kappa shape index (κ3) is 1.24. The van der Waals surface area contributed by atoms with Crippen LogP contribution in [-0.2, 0) is 0 Å². The molecule has 0 spiro atoms. The van der Waals surface area contributed by atoms with Crippen LogP contribution in [0.25, 0.3) is 0 Å². The highest BCUT2D eigenvalue weighted by molar-refractivity contribution is 5.52. The largest absolute Gasteiger partial charge is 0.504 e. The molecule has 0 saturated heterocycles. The Bertz CT molecular complexity index is 303. The molecule has 0 atom stereocenters. The SMILES string of the molecule is COc1c(O)cc(C)c(C)c1C. The summed E-state index contributed by atoms with van der Waals surface area (Å²) in [5.41, 5.74) is 3.27. The number of benzene rings is 1. The topological polar surface area (TPSA) is 29.5 Å². The first-order valence-electron chi connectivity index (χ1n) is 3.91. The molecule has 0 aromatic heterocycles. The van der Waals surface area contributed by atoms with Crippen LogP contribution < -0.4 is 4.74 Å². The number of hydrogen-bond acceptors (Lipinski definition) is 2.